The molecule has 2 aromatic carbocycles. The minimum Gasteiger partial charge on any atom is -0.480 e. The minimum atomic E-state index is -0.818. The first-order valence-corrected chi connectivity index (χ1v) is 8.40. The maximum absolute atomic E-state index is 11.2. The Bertz CT molecular complexity index is 671. The van der Waals surface area contributed by atoms with E-state index in [2.05, 4.69) is 30.7 Å². The summed E-state index contributed by atoms with van der Waals surface area (Å²) in [4.78, 5) is 15.3. The molecule has 0 fully saturated rings. The number of carbonyl (C=O) groups is 1. The average molecular weight is 338 g/mol. The Kier molecular flexibility index (Phi) is 7.38. The van der Waals surface area contributed by atoms with Gasteiger partial charge in [-0.15, -0.1) is 0 Å². The third kappa shape index (κ3) is 7.33. The van der Waals surface area contributed by atoms with Crippen LogP contribution in [0.25, 0.3) is 0 Å². The van der Waals surface area contributed by atoms with Crippen molar-refractivity contribution < 1.29 is 9.90 Å². The second kappa shape index (κ2) is 9.77. The lowest BCUT2D eigenvalue weighted by molar-refractivity contribution is -0.138. The number of likely N-dealkylation sites (N-methyl/N-ethyl adjacent to an activating group) is 1. The van der Waals surface area contributed by atoms with E-state index in [-0.39, 0.29) is 6.54 Å². The van der Waals surface area contributed by atoms with E-state index < -0.39 is 5.97 Å². The molecular weight excluding hydrogens is 312 g/mol. The zero-order valence-electron chi connectivity index (χ0n) is 14.8. The van der Waals surface area contributed by atoms with Crippen molar-refractivity contribution in [1.29, 1.82) is 0 Å². The molecule has 0 aliphatic rings. The first-order chi connectivity index (χ1) is 12.0. The van der Waals surface area contributed by atoms with Gasteiger partial charge in [0.2, 0.25) is 0 Å². The van der Waals surface area contributed by atoms with E-state index in [1.165, 1.54) is 5.56 Å². The van der Waals surface area contributed by atoms with E-state index in [1.807, 2.05) is 53.4 Å². The molecule has 0 unspecified atom stereocenters. The van der Waals surface area contributed by atoms with Gasteiger partial charge in [-0.2, -0.15) is 0 Å². The van der Waals surface area contributed by atoms with Gasteiger partial charge < -0.3 is 5.11 Å². The Hall–Kier alpha value is -2.43. The summed E-state index contributed by atoms with van der Waals surface area (Å²) in [5, 5.41) is 9.17. The third-order valence-electron chi connectivity index (χ3n) is 3.84. The fourth-order valence-corrected chi connectivity index (χ4v) is 2.90. The molecule has 25 heavy (non-hydrogen) atoms. The molecule has 0 atom stereocenters. The maximum atomic E-state index is 11.2. The van der Waals surface area contributed by atoms with E-state index in [0.29, 0.717) is 13.1 Å². The van der Waals surface area contributed by atoms with E-state index in [4.69, 9.17) is 5.11 Å². The van der Waals surface area contributed by atoms with Crippen LogP contribution in [0.2, 0.25) is 0 Å². The van der Waals surface area contributed by atoms with Crippen LogP contribution >= 0.6 is 0 Å². The number of aliphatic carboxylic acids is 1. The molecule has 0 saturated carbocycles. The molecule has 4 heteroatoms. The van der Waals surface area contributed by atoms with Gasteiger partial charge in [0.05, 0.1) is 6.54 Å². The molecule has 0 bridgehead atoms. The summed E-state index contributed by atoms with van der Waals surface area (Å²) in [5.41, 5.74) is 3.37. The topological polar surface area (TPSA) is 43.8 Å². The fraction of sp³-hybridized carbons (Fsp3) is 0.286. The maximum Gasteiger partial charge on any atom is 0.317 e. The largest absolute Gasteiger partial charge is 0.480 e. The number of nitrogens with zero attached hydrogens (tertiary/aromatic N) is 2. The molecule has 1 N–H and O–H groups in total. The van der Waals surface area contributed by atoms with Crippen molar-refractivity contribution in [2.24, 2.45) is 0 Å². The van der Waals surface area contributed by atoms with Crippen molar-refractivity contribution in [2.75, 3.05) is 26.7 Å². The lowest BCUT2D eigenvalue weighted by Crippen LogP contribution is -2.33. The number of rotatable bonds is 10. The van der Waals surface area contributed by atoms with Gasteiger partial charge in [-0.05, 0) is 23.7 Å². The number of carboxylic acid groups (broad SMARTS) is 1. The quantitative estimate of drug-likeness (QED) is 0.675. The third-order valence-corrected chi connectivity index (χ3v) is 3.84. The number of hydrogen-bond donors (Lipinski definition) is 1. The Morgan fingerprint density at radius 3 is 1.92 bits per heavy atom. The molecule has 4 nitrogen and oxygen atoms in total. The standard InChI is InChI=1S/C21H26N2O2/c1-18(13-22(2)15-19-9-5-3-6-10-19)14-23(17-21(24)25)16-20-11-7-4-8-12-20/h3-12H,1,13-17H2,2H3,(H,24,25). The molecule has 0 amide bonds. The molecule has 0 saturated heterocycles. The second-order valence-corrected chi connectivity index (χ2v) is 6.43. The molecule has 2 rings (SSSR count). The summed E-state index contributed by atoms with van der Waals surface area (Å²) in [6, 6.07) is 20.2. The van der Waals surface area contributed by atoms with E-state index in [9.17, 15) is 4.79 Å². The lowest BCUT2D eigenvalue weighted by Gasteiger charge is -2.24. The summed E-state index contributed by atoms with van der Waals surface area (Å²) >= 11 is 0. The summed E-state index contributed by atoms with van der Waals surface area (Å²) in [7, 11) is 2.05. The monoisotopic (exact) mass is 338 g/mol. The number of carboxylic acids is 1. The van der Waals surface area contributed by atoms with Gasteiger partial charge in [-0.1, -0.05) is 67.2 Å². The van der Waals surface area contributed by atoms with Crippen molar-refractivity contribution in [1.82, 2.24) is 9.80 Å². The lowest BCUT2D eigenvalue weighted by atomic mass is 10.1. The molecule has 0 radical (unpaired) electrons. The van der Waals surface area contributed by atoms with Crippen LogP contribution in [0.15, 0.2) is 72.8 Å². The SMILES string of the molecule is C=C(CN(C)Cc1ccccc1)CN(CC(=O)O)Cc1ccccc1. The van der Waals surface area contributed by atoms with Gasteiger partial charge in [0.25, 0.3) is 0 Å². The highest BCUT2D eigenvalue weighted by Gasteiger charge is 2.13. The van der Waals surface area contributed by atoms with Gasteiger partial charge in [-0.25, -0.2) is 0 Å². The summed E-state index contributed by atoms with van der Waals surface area (Å²) < 4.78 is 0. The van der Waals surface area contributed by atoms with Gasteiger partial charge in [0.1, 0.15) is 0 Å². The zero-order chi connectivity index (χ0) is 18.1. The van der Waals surface area contributed by atoms with Crippen molar-refractivity contribution >= 4 is 5.97 Å². The van der Waals surface area contributed by atoms with Gasteiger partial charge >= 0.3 is 5.97 Å². The highest BCUT2D eigenvalue weighted by Crippen LogP contribution is 2.09. The normalized spacial score (nSPS) is 11.0. The Labute approximate surface area is 150 Å². The van der Waals surface area contributed by atoms with Crippen molar-refractivity contribution in [3.8, 4) is 0 Å². The van der Waals surface area contributed by atoms with Gasteiger partial charge in [0.15, 0.2) is 0 Å². The molecule has 0 aliphatic carbocycles. The predicted molar refractivity (Wildman–Crippen MR) is 101 cm³/mol. The number of benzene rings is 2. The smallest absolute Gasteiger partial charge is 0.317 e. The van der Waals surface area contributed by atoms with E-state index >= 15 is 0 Å². The Balaban J connectivity index is 1.88. The highest BCUT2D eigenvalue weighted by atomic mass is 16.4. The van der Waals surface area contributed by atoms with Crippen LogP contribution in [0.1, 0.15) is 11.1 Å². The minimum absolute atomic E-state index is 0.0102. The van der Waals surface area contributed by atoms with Crippen LogP contribution in [-0.4, -0.2) is 47.6 Å². The molecule has 0 spiro atoms. The van der Waals surface area contributed by atoms with Crippen LogP contribution in [0, 0.1) is 0 Å². The van der Waals surface area contributed by atoms with Crippen LogP contribution < -0.4 is 0 Å². The Morgan fingerprint density at radius 1 is 0.880 bits per heavy atom. The van der Waals surface area contributed by atoms with Crippen LogP contribution in [0.4, 0.5) is 0 Å². The van der Waals surface area contributed by atoms with Crippen molar-refractivity contribution in [3.05, 3.63) is 83.9 Å². The molecule has 0 aliphatic heterocycles. The second-order valence-electron chi connectivity index (χ2n) is 6.43. The van der Waals surface area contributed by atoms with Gasteiger partial charge in [0, 0.05) is 26.2 Å². The number of hydrogen-bond acceptors (Lipinski definition) is 3. The average Bonchev–Trinajstić information content (AvgIpc) is 2.55. The van der Waals surface area contributed by atoms with E-state index in [1.54, 1.807) is 0 Å². The van der Waals surface area contributed by atoms with Crippen LogP contribution in [-0.2, 0) is 17.9 Å². The molecule has 0 aromatic heterocycles. The van der Waals surface area contributed by atoms with E-state index in [0.717, 1.165) is 24.2 Å². The summed E-state index contributed by atoms with van der Waals surface area (Å²) in [6.45, 7) is 6.92. The van der Waals surface area contributed by atoms with Crippen molar-refractivity contribution in [3.63, 3.8) is 0 Å². The Morgan fingerprint density at radius 2 is 1.40 bits per heavy atom. The molecular formula is C21H26N2O2. The van der Waals surface area contributed by atoms with Crippen LogP contribution in [0.5, 0.6) is 0 Å². The molecule has 2 aromatic rings. The zero-order valence-corrected chi connectivity index (χ0v) is 14.8. The van der Waals surface area contributed by atoms with Crippen molar-refractivity contribution in [2.45, 2.75) is 13.1 Å². The van der Waals surface area contributed by atoms with Crippen LogP contribution in [0.3, 0.4) is 0 Å². The fourth-order valence-electron chi connectivity index (χ4n) is 2.90. The first-order valence-electron chi connectivity index (χ1n) is 8.40. The first kappa shape index (κ1) is 18.9. The summed E-state index contributed by atoms with van der Waals surface area (Å²) in [5.74, 6) is -0.818. The molecule has 132 valence electrons. The predicted octanol–water partition coefficient (Wildman–Crippen LogP) is 3.26. The molecule has 0 heterocycles. The highest BCUT2D eigenvalue weighted by molar-refractivity contribution is 5.69. The van der Waals surface area contributed by atoms with Gasteiger partial charge in [-0.3, -0.25) is 14.6 Å². The summed E-state index contributed by atoms with van der Waals surface area (Å²) in [6.07, 6.45) is 0.